The van der Waals surface area contributed by atoms with Crippen molar-refractivity contribution in [3.63, 3.8) is 0 Å². The van der Waals surface area contributed by atoms with Crippen molar-refractivity contribution in [2.75, 3.05) is 32.8 Å². The zero-order valence-electron chi connectivity index (χ0n) is 11.8. The number of carboxylic acids is 1. The maximum Gasteiger partial charge on any atom is 0.320 e. The second kappa shape index (κ2) is 6.75. The maximum absolute atomic E-state index is 12.3. The standard InChI is InChI=1S/C13H24N2O4/c1-3-4-6-14(8-9-16)12(19)15-7-5-13(2,10-15)11(17)18/h16H,3-10H2,1-2H3,(H,17,18). The lowest BCUT2D eigenvalue weighted by atomic mass is 9.90. The van der Waals surface area contributed by atoms with Crippen molar-refractivity contribution in [3.05, 3.63) is 0 Å². The lowest BCUT2D eigenvalue weighted by molar-refractivity contribution is -0.147. The van der Waals surface area contributed by atoms with Gasteiger partial charge in [-0.25, -0.2) is 4.79 Å². The highest BCUT2D eigenvalue weighted by atomic mass is 16.4. The third-order valence-electron chi connectivity index (χ3n) is 3.68. The van der Waals surface area contributed by atoms with Gasteiger partial charge in [0.2, 0.25) is 0 Å². The van der Waals surface area contributed by atoms with Crippen molar-refractivity contribution < 1.29 is 19.8 Å². The molecule has 110 valence electrons. The molecule has 0 spiro atoms. The summed E-state index contributed by atoms with van der Waals surface area (Å²) in [4.78, 5) is 26.7. The number of likely N-dealkylation sites (tertiary alicyclic amines) is 1. The molecule has 6 heteroatoms. The summed E-state index contributed by atoms with van der Waals surface area (Å²) >= 11 is 0. The van der Waals surface area contributed by atoms with Crippen LogP contribution in [0.15, 0.2) is 0 Å². The number of urea groups is 1. The van der Waals surface area contributed by atoms with Crippen molar-refractivity contribution >= 4 is 12.0 Å². The molecule has 1 rings (SSSR count). The Morgan fingerprint density at radius 2 is 2.05 bits per heavy atom. The zero-order valence-corrected chi connectivity index (χ0v) is 11.8. The third kappa shape index (κ3) is 3.83. The molecule has 1 unspecified atom stereocenters. The summed E-state index contributed by atoms with van der Waals surface area (Å²) in [5, 5.41) is 18.2. The monoisotopic (exact) mass is 272 g/mol. The molecule has 2 amide bonds. The largest absolute Gasteiger partial charge is 0.481 e. The number of aliphatic hydroxyl groups is 1. The molecule has 1 aliphatic heterocycles. The van der Waals surface area contributed by atoms with Gasteiger partial charge in [0, 0.05) is 26.2 Å². The summed E-state index contributed by atoms with van der Waals surface area (Å²) in [6.07, 6.45) is 2.34. The summed E-state index contributed by atoms with van der Waals surface area (Å²) in [6, 6.07) is -0.160. The van der Waals surface area contributed by atoms with E-state index in [0.717, 1.165) is 12.8 Å². The van der Waals surface area contributed by atoms with Gasteiger partial charge in [-0.3, -0.25) is 4.79 Å². The van der Waals surface area contributed by atoms with Gasteiger partial charge in [0.05, 0.1) is 12.0 Å². The first-order valence-corrected chi connectivity index (χ1v) is 6.82. The molecule has 1 saturated heterocycles. The predicted octanol–water partition coefficient (Wildman–Crippen LogP) is 0.997. The lowest BCUT2D eigenvalue weighted by Gasteiger charge is -2.28. The van der Waals surface area contributed by atoms with Gasteiger partial charge < -0.3 is 20.0 Å². The number of amides is 2. The number of aliphatic carboxylic acids is 1. The Hall–Kier alpha value is -1.30. The number of carbonyl (C=O) groups excluding carboxylic acids is 1. The Balaban J connectivity index is 2.63. The van der Waals surface area contributed by atoms with E-state index >= 15 is 0 Å². The minimum atomic E-state index is -0.856. The number of carbonyl (C=O) groups is 2. The van der Waals surface area contributed by atoms with Crippen LogP contribution in [0.1, 0.15) is 33.1 Å². The van der Waals surface area contributed by atoms with Crippen LogP contribution in [0, 0.1) is 5.41 Å². The Morgan fingerprint density at radius 1 is 1.37 bits per heavy atom. The van der Waals surface area contributed by atoms with Crippen LogP contribution in [-0.4, -0.2) is 64.8 Å². The Kier molecular flexibility index (Phi) is 5.60. The van der Waals surface area contributed by atoms with Gasteiger partial charge in [0.15, 0.2) is 0 Å². The molecule has 0 aromatic rings. The molecule has 2 N–H and O–H groups in total. The first-order chi connectivity index (χ1) is 8.94. The molecule has 19 heavy (non-hydrogen) atoms. The van der Waals surface area contributed by atoms with Gasteiger partial charge in [-0.2, -0.15) is 0 Å². The zero-order chi connectivity index (χ0) is 14.5. The molecule has 0 aromatic carbocycles. The fourth-order valence-corrected chi connectivity index (χ4v) is 2.27. The highest BCUT2D eigenvalue weighted by molar-refractivity contribution is 5.79. The van der Waals surface area contributed by atoms with E-state index in [9.17, 15) is 9.59 Å². The number of rotatable bonds is 6. The average Bonchev–Trinajstić information content (AvgIpc) is 2.78. The quantitative estimate of drug-likeness (QED) is 0.755. The SMILES string of the molecule is CCCCN(CCO)C(=O)N1CCC(C)(C(=O)O)C1. The molecule has 0 aromatic heterocycles. The molecule has 0 radical (unpaired) electrons. The summed E-state index contributed by atoms with van der Waals surface area (Å²) in [6.45, 7) is 5.27. The fraction of sp³-hybridized carbons (Fsp3) is 0.846. The molecule has 1 aliphatic rings. The Morgan fingerprint density at radius 3 is 2.53 bits per heavy atom. The van der Waals surface area contributed by atoms with Crippen LogP contribution in [0.2, 0.25) is 0 Å². The summed E-state index contributed by atoms with van der Waals surface area (Å²) in [5.74, 6) is -0.856. The van der Waals surface area contributed by atoms with E-state index in [1.807, 2.05) is 6.92 Å². The molecular formula is C13H24N2O4. The van der Waals surface area contributed by atoms with Crippen LogP contribution < -0.4 is 0 Å². The number of hydrogen-bond acceptors (Lipinski definition) is 3. The molecule has 1 heterocycles. The van der Waals surface area contributed by atoms with Gasteiger partial charge >= 0.3 is 12.0 Å². The number of unbranched alkanes of at least 4 members (excludes halogenated alkanes) is 1. The molecular weight excluding hydrogens is 248 g/mol. The van der Waals surface area contributed by atoms with Crippen LogP contribution in [0.4, 0.5) is 4.79 Å². The third-order valence-corrected chi connectivity index (χ3v) is 3.68. The van der Waals surface area contributed by atoms with Gasteiger partial charge in [-0.1, -0.05) is 13.3 Å². The fourth-order valence-electron chi connectivity index (χ4n) is 2.27. The van der Waals surface area contributed by atoms with Crippen LogP contribution in [0.5, 0.6) is 0 Å². The normalized spacial score (nSPS) is 22.6. The van der Waals surface area contributed by atoms with E-state index in [4.69, 9.17) is 10.2 Å². The minimum Gasteiger partial charge on any atom is -0.481 e. The highest BCUT2D eigenvalue weighted by Crippen LogP contribution is 2.30. The molecule has 1 fully saturated rings. The Labute approximate surface area is 114 Å². The highest BCUT2D eigenvalue weighted by Gasteiger charge is 2.42. The van der Waals surface area contributed by atoms with Gasteiger partial charge in [0.25, 0.3) is 0 Å². The van der Waals surface area contributed by atoms with Gasteiger partial charge in [-0.05, 0) is 19.8 Å². The van der Waals surface area contributed by atoms with E-state index in [1.165, 1.54) is 0 Å². The molecule has 6 nitrogen and oxygen atoms in total. The van der Waals surface area contributed by atoms with Crippen molar-refractivity contribution in [3.8, 4) is 0 Å². The van der Waals surface area contributed by atoms with Crippen LogP contribution in [-0.2, 0) is 4.79 Å². The topological polar surface area (TPSA) is 81.1 Å². The molecule has 1 atom stereocenters. The van der Waals surface area contributed by atoms with Crippen LogP contribution >= 0.6 is 0 Å². The lowest BCUT2D eigenvalue weighted by Crippen LogP contribution is -2.45. The second-order valence-corrected chi connectivity index (χ2v) is 5.38. The number of nitrogens with zero attached hydrogens (tertiary/aromatic N) is 2. The number of carboxylic acid groups (broad SMARTS) is 1. The van der Waals surface area contributed by atoms with Crippen molar-refractivity contribution in [1.82, 2.24) is 9.80 Å². The van der Waals surface area contributed by atoms with E-state index < -0.39 is 11.4 Å². The second-order valence-electron chi connectivity index (χ2n) is 5.38. The van der Waals surface area contributed by atoms with E-state index in [0.29, 0.717) is 26.1 Å². The maximum atomic E-state index is 12.3. The minimum absolute atomic E-state index is 0.0699. The van der Waals surface area contributed by atoms with E-state index in [2.05, 4.69) is 0 Å². The van der Waals surface area contributed by atoms with Crippen LogP contribution in [0.3, 0.4) is 0 Å². The van der Waals surface area contributed by atoms with Crippen molar-refractivity contribution in [1.29, 1.82) is 0 Å². The summed E-state index contributed by atoms with van der Waals surface area (Å²) in [7, 11) is 0. The molecule has 0 bridgehead atoms. The van der Waals surface area contributed by atoms with Crippen molar-refractivity contribution in [2.45, 2.75) is 33.1 Å². The molecule has 0 saturated carbocycles. The summed E-state index contributed by atoms with van der Waals surface area (Å²) in [5.41, 5.74) is -0.842. The van der Waals surface area contributed by atoms with Gasteiger partial charge in [0.1, 0.15) is 0 Å². The van der Waals surface area contributed by atoms with Gasteiger partial charge in [-0.15, -0.1) is 0 Å². The first-order valence-electron chi connectivity index (χ1n) is 6.82. The number of aliphatic hydroxyl groups excluding tert-OH is 1. The summed E-state index contributed by atoms with van der Waals surface area (Å²) < 4.78 is 0. The average molecular weight is 272 g/mol. The molecule has 0 aliphatic carbocycles. The van der Waals surface area contributed by atoms with Crippen LogP contribution in [0.25, 0.3) is 0 Å². The van der Waals surface area contributed by atoms with E-state index in [1.54, 1.807) is 16.7 Å². The Bertz CT molecular complexity index is 335. The van der Waals surface area contributed by atoms with E-state index in [-0.39, 0.29) is 19.2 Å². The number of hydrogen-bond donors (Lipinski definition) is 2. The first kappa shape index (κ1) is 15.8. The predicted molar refractivity (Wildman–Crippen MR) is 70.9 cm³/mol. The van der Waals surface area contributed by atoms with Crippen molar-refractivity contribution in [2.24, 2.45) is 5.41 Å². The smallest absolute Gasteiger partial charge is 0.320 e.